The lowest BCUT2D eigenvalue weighted by molar-refractivity contribution is 0.715. The lowest BCUT2D eigenvalue weighted by atomic mass is 10.2. The second kappa shape index (κ2) is 6.19. The van der Waals surface area contributed by atoms with Crippen LogP contribution in [0.1, 0.15) is 12.6 Å². The third-order valence-corrected chi connectivity index (χ3v) is 4.13. The third kappa shape index (κ3) is 3.31. The van der Waals surface area contributed by atoms with E-state index in [4.69, 9.17) is 0 Å². The van der Waals surface area contributed by atoms with Crippen LogP contribution in [-0.4, -0.2) is 17.8 Å². The van der Waals surface area contributed by atoms with Gasteiger partial charge in [0.15, 0.2) is 0 Å². The summed E-state index contributed by atoms with van der Waals surface area (Å²) in [5, 5.41) is 6.52. The Morgan fingerprint density at radius 1 is 1.29 bits per heavy atom. The first-order valence-corrected chi connectivity index (χ1v) is 7.73. The van der Waals surface area contributed by atoms with E-state index >= 15 is 0 Å². The van der Waals surface area contributed by atoms with Gasteiger partial charge in [-0.3, -0.25) is 0 Å². The molecule has 1 N–H and O–H groups in total. The van der Waals surface area contributed by atoms with E-state index in [-0.39, 0.29) is 0 Å². The summed E-state index contributed by atoms with van der Waals surface area (Å²) in [6.07, 6.45) is 2.09. The number of hydrogen-bond acceptors (Lipinski definition) is 4. The number of nitrogens with zero attached hydrogens (tertiary/aromatic N) is 1. The number of benzene rings is 1. The summed E-state index contributed by atoms with van der Waals surface area (Å²) < 4.78 is 0. The standard InChI is InChI=1S/C13H16N2S2/c1-3-14-8-11-9-17-13(15-11)10-4-6-12(16-2)7-5-10/h4-7,9,14H,3,8H2,1-2H3. The second-order valence-electron chi connectivity index (χ2n) is 3.65. The highest BCUT2D eigenvalue weighted by Crippen LogP contribution is 2.25. The van der Waals surface area contributed by atoms with Gasteiger partial charge in [0.25, 0.3) is 0 Å². The lowest BCUT2D eigenvalue weighted by Gasteiger charge is -1.99. The number of thioether (sulfide) groups is 1. The Labute approximate surface area is 110 Å². The zero-order chi connectivity index (χ0) is 12.1. The van der Waals surface area contributed by atoms with E-state index in [0.717, 1.165) is 23.8 Å². The molecule has 0 aliphatic rings. The minimum atomic E-state index is 0.857. The molecule has 90 valence electrons. The summed E-state index contributed by atoms with van der Waals surface area (Å²) in [5.74, 6) is 0. The minimum Gasteiger partial charge on any atom is -0.311 e. The number of thiazole rings is 1. The average Bonchev–Trinajstić information content (AvgIpc) is 2.85. The van der Waals surface area contributed by atoms with Crippen molar-refractivity contribution in [3.8, 4) is 10.6 Å². The van der Waals surface area contributed by atoms with Crippen molar-refractivity contribution < 1.29 is 0 Å². The van der Waals surface area contributed by atoms with Crippen LogP contribution in [0.15, 0.2) is 34.5 Å². The normalized spacial score (nSPS) is 10.7. The maximum Gasteiger partial charge on any atom is 0.123 e. The number of rotatable bonds is 5. The molecule has 17 heavy (non-hydrogen) atoms. The van der Waals surface area contributed by atoms with Gasteiger partial charge in [-0.2, -0.15) is 0 Å². The molecule has 0 saturated heterocycles. The first-order valence-electron chi connectivity index (χ1n) is 5.63. The fraction of sp³-hybridized carbons (Fsp3) is 0.308. The van der Waals surface area contributed by atoms with Crippen molar-refractivity contribution in [1.82, 2.24) is 10.3 Å². The Morgan fingerprint density at radius 3 is 2.71 bits per heavy atom. The Kier molecular flexibility index (Phi) is 4.59. The van der Waals surface area contributed by atoms with Gasteiger partial charge in [-0.25, -0.2) is 4.98 Å². The van der Waals surface area contributed by atoms with Crippen molar-refractivity contribution in [2.45, 2.75) is 18.4 Å². The fourth-order valence-electron chi connectivity index (χ4n) is 1.51. The first-order chi connectivity index (χ1) is 8.33. The van der Waals surface area contributed by atoms with E-state index in [1.807, 2.05) is 0 Å². The maximum atomic E-state index is 4.62. The van der Waals surface area contributed by atoms with Gasteiger partial charge in [-0.05, 0) is 24.9 Å². The molecule has 0 saturated carbocycles. The molecule has 2 rings (SSSR count). The van der Waals surface area contributed by atoms with Gasteiger partial charge in [0.2, 0.25) is 0 Å². The molecule has 4 heteroatoms. The summed E-state index contributed by atoms with van der Waals surface area (Å²) in [5.41, 5.74) is 2.33. The molecule has 0 fully saturated rings. The molecule has 0 aliphatic carbocycles. The molecule has 0 bridgehead atoms. The lowest BCUT2D eigenvalue weighted by Crippen LogP contribution is -2.11. The number of aromatic nitrogens is 1. The molecular weight excluding hydrogens is 248 g/mol. The predicted octanol–water partition coefficient (Wildman–Crippen LogP) is 3.64. The molecule has 1 aromatic carbocycles. The van der Waals surface area contributed by atoms with E-state index in [2.05, 4.69) is 53.1 Å². The third-order valence-electron chi connectivity index (χ3n) is 2.44. The number of hydrogen-bond donors (Lipinski definition) is 1. The monoisotopic (exact) mass is 264 g/mol. The fourth-order valence-corrected chi connectivity index (χ4v) is 2.74. The van der Waals surface area contributed by atoms with Crippen LogP contribution < -0.4 is 5.32 Å². The molecule has 0 spiro atoms. The zero-order valence-corrected chi connectivity index (χ0v) is 11.7. The highest BCUT2D eigenvalue weighted by Gasteiger charge is 2.04. The van der Waals surface area contributed by atoms with Gasteiger partial charge in [-0.1, -0.05) is 19.1 Å². The summed E-state index contributed by atoms with van der Waals surface area (Å²) in [6, 6.07) is 8.57. The highest BCUT2D eigenvalue weighted by molar-refractivity contribution is 7.98. The highest BCUT2D eigenvalue weighted by atomic mass is 32.2. The van der Waals surface area contributed by atoms with Crippen LogP contribution in [0, 0.1) is 0 Å². The van der Waals surface area contributed by atoms with E-state index in [9.17, 15) is 0 Å². The van der Waals surface area contributed by atoms with Crippen LogP contribution in [0.3, 0.4) is 0 Å². The molecule has 0 atom stereocenters. The van der Waals surface area contributed by atoms with Crippen molar-refractivity contribution >= 4 is 23.1 Å². The summed E-state index contributed by atoms with van der Waals surface area (Å²) in [7, 11) is 0. The van der Waals surface area contributed by atoms with Gasteiger partial charge < -0.3 is 5.32 Å². The molecule has 1 aromatic heterocycles. The van der Waals surface area contributed by atoms with Gasteiger partial charge in [0, 0.05) is 22.4 Å². The molecule has 0 aliphatic heterocycles. The van der Waals surface area contributed by atoms with Crippen LogP contribution in [0.4, 0.5) is 0 Å². The van der Waals surface area contributed by atoms with Crippen molar-refractivity contribution in [2.24, 2.45) is 0 Å². The molecule has 0 amide bonds. The Hall–Kier alpha value is -0.840. The molecule has 2 aromatic rings. The molecular formula is C13H16N2S2. The van der Waals surface area contributed by atoms with E-state index in [1.165, 1.54) is 10.5 Å². The molecule has 0 unspecified atom stereocenters. The Bertz CT molecular complexity index is 463. The van der Waals surface area contributed by atoms with Crippen LogP contribution in [0.2, 0.25) is 0 Å². The van der Waals surface area contributed by atoms with Crippen molar-refractivity contribution in [1.29, 1.82) is 0 Å². The maximum absolute atomic E-state index is 4.62. The number of nitrogens with one attached hydrogen (secondary N) is 1. The van der Waals surface area contributed by atoms with Crippen LogP contribution >= 0.6 is 23.1 Å². The second-order valence-corrected chi connectivity index (χ2v) is 5.39. The van der Waals surface area contributed by atoms with Gasteiger partial charge in [0.1, 0.15) is 5.01 Å². The van der Waals surface area contributed by atoms with E-state index in [0.29, 0.717) is 0 Å². The van der Waals surface area contributed by atoms with Crippen LogP contribution in [0.25, 0.3) is 10.6 Å². The SMILES string of the molecule is CCNCc1csc(-c2ccc(SC)cc2)n1. The topological polar surface area (TPSA) is 24.9 Å². The smallest absolute Gasteiger partial charge is 0.123 e. The molecule has 2 nitrogen and oxygen atoms in total. The summed E-state index contributed by atoms with van der Waals surface area (Å²) in [6.45, 7) is 3.94. The average molecular weight is 264 g/mol. The van der Waals surface area contributed by atoms with Crippen LogP contribution in [0.5, 0.6) is 0 Å². The van der Waals surface area contributed by atoms with E-state index < -0.39 is 0 Å². The molecule has 0 radical (unpaired) electrons. The quantitative estimate of drug-likeness (QED) is 0.835. The van der Waals surface area contributed by atoms with Crippen molar-refractivity contribution in [2.75, 3.05) is 12.8 Å². The van der Waals surface area contributed by atoms with Crippen LogP contribution in [-0.2, 0) is 6.54 Å². The zero-order valence-electron chi connectivity index (χ0n) is 10.1. The van der Waals surface area contributed by atoms with Crippen molar-refractivity contribution in [3.63, 3.8) is 0 Å². The first kappa shape index (κ1) is 12.6. The summed E-state index contributed by atoms with van der Waals surface area (Å²) in [4.78, 5) is 5.91. The Balaban J connectivity index is 2.12. The van der Waals surface area contributed by atoms with Gasteiger partial charge in [-0.15, -0.1) is 23.1 Å². The summed E-state index contributed by atoms with van der Waals surface area (Å²) >= 11 is 3.47. The Morgan fingerprint density at radius 2 is 2.06 bits per heavy atom. The predicted molar refractivity (Wildman–Crippen MR) is 76.7 cm³/mol. The minimum absolute atomic E-state index is 0.857. The van der Waals surface area contributed by atoms with Crippen molar-refractivity contribution in [3.05, 3.63) is 35.3 Å². The largest absolute Gasteiger partial charge is 0.311 e. The van der Waals surface area contributed by atoms with E-state index in [1.54, 1.807) is 23.1 Å². The van der Waals surface area contributed by atoms with Gasteiger partial charge >= 0.3 is 0 Å². The van der Waals surface area contributed by atoms with Gasteiger partial charge in [0.05, 0.1) is 5.69 Å². The molecule has 1 heterocycles.